The van der Waals surface area contributed by atoms with Crippen LogP contribution in [0.15, 0.2) is 59.1 Å². The van der Waals surface area contributed by atoms with Gasteiger partial charge in [0.1, 0.15) is 0 Å². The second-order valence-electron chi connectivity index (χ2n) is 5.18. The van der Waals surface area contributed by atoms with Gasteiger partial charge in [-0.05, 0) is 23.3 Å². The van der Waals surface area contributed by atoms with Crippen molar-refractivity contribution in [2.24, 2.45) is 0 Å². The molecule has 2 rings (SSSR count). The molecule has 0 unspecified atom stereocenters. The summed E-state index contributed by atoms with van der Waals surface area (Å²) in [4.78, 5) is 34.9. The fraction of sp³-hybridized carbons (Fsp3) is 0.167. The summed E-state index contributed by atoms with van der Waals surface area (Å²) in [5.41, 5.74) is 1.68. The average molecular weight is 405 g/mol. The number of hydrogen-bond acceptors (Lipinski definition) is 4. The molecule has 0 aliphatic rings. The molecule has 0 aliphatic carbocycles. The minimum absolute atomic E-state index is 0.0563. The maximum atomic E-state index is 11.7. The summed E-state index contributed by atoms with van der Waals surface area (Å²) in [5.74, 6) is -1.23. The lowest BCUT2D eigenvalue weighted by Crippen LogP contribution is -2.41. The van der Waals surface area contributed by atoms with Gasteiger partial charge in [-0.3, -0.25) is 14.9 Å². The SMILES string of the molecule is O=C(COC(=O)Cc1ccc(Br)cc1)NC(=O)NCc1ccccc1. The van der Waals surface area contributed by atoms with Crippen molar-refractivity contribution < 1.29 is 19.1 Å². The molecule has 0 radical (unpaired) electrons. The molecule has 7 heteroatoms. The van der Waals surface area contributed by atoms with E-state index in [1.165, 1.54) is 0 Å². The van der Waals surface area contributed by atoms with Crippen LogP contribution in [-0.4, -0.2) is 24.5 Å². The molecule has 130 valence electrons. The number of benzene rings is 2. The Balaban J connectivity index is 1.66. The van der Waals surface area contributed by atoms with Crippen molar-refractivity contribution in [2.75, 3.05) is 6.61 Å². The monoisotopic (exact) mass is 404 g/mol. The lowest BCUT2D eigenvalue weighted by atomic mass is 10.2. The lowest BCUT2D eigenvalue weighted by Gasteiger charge is -2.08. The number of carbonyl (C=O) groups is 3. The van der Waals surface area contributed by atoms with Crippen LogP contribution in [0.5, 0.6) is 0 Å². The van der Waals surface area contributed by atoms with Crippen molar-refractivity contribution in [1.82, 2.24) is 10.6 Å². The van der Waals surface area contributed by atoms with E-state index in [0.29, 0.717) is 6.54 Å². The maximum absolute atomic E-state index is 11.7. The largest absolute Gasteiger partial charge is 0.455 e. The van der Waals surface area contributed by atoms with Crippen LogP contribution in [0.4, 0.5) is 4.79 Å². The molecule has 0 heterocycles. The number of hydrogen-bond donors (Lipinski definition) is 2. The van der Waals surface area contributed by atoms with E-state index in [4.69, 9.17) is 4.74 Å². The molecule has 0 atom stereocenters. The number of rotatable bonds is 6. The summed E-state index contributed by atoms with van der Waals surface area (Å²) in [6.45, 7) is -0.211. The summed E-state index contributed by atoms with van der Waals surface area (Å²) in [6.07, 6.45) is 0.0563. The molecule has 0 spiro atoms. The normalized spacial score (nSPS) is 9.96. The van der Waals surface area contributed by atoms with Gasteiger partial charge in [0.15, 0.2) is 6.61 Å². The number of halogens is 1. The van der Waals surface area contributed by atoms with Crippen molar-refractivity contribution in [1.29, 1.82) is 0 Å². The predicted molar refractivity (Wildman–Crippen MR) is 95.6 cm³/mol. The van der Waals surface area contributed by atoms with Gasteiger partial charge < -0.3 is 10.1 Å². The van der Waals surface area contributed by atoms with Gasteiger partial charge in [-0.1, -0.05) is 58.4 Å². The van der Waals surface area contributed by atoms with Crippen LogP contribution in [-0.2, 0) is 27.3 Å². The smallest absolute Gasteiger partial charge is 0.321 e. The molecule has 2 aromatic carbocycles. The van der Waals surface area contributed by atoms with E-state index in [1.54, 1.807) is 12.1 Å². The van der Waals surface area contributed by atoms with Gasteiger partial charge in [0.2, 0.25) is 0 Å². The third-order valence-corrected chi connectivity index (χ3v) is 3.70. The van der Waals surface area contributed by atoms with Crippen LogP contribution >= 0.6 is 15.9 Å². The van der Waals surface area contributed by atoms with Gasteiger partial charge in [-0.25, -0.2) is 4.79 Å². The Kier molecular flexibility index (Phi) is 7.16. The summed E-state index contributed by atoms with van der Waals surface area (Å²) in [5, 5.41) is 4.65. The van der Waals surface area contributed by atoms with Gasteiger partial charge in [-0.2, -0.15) is 0 Å². The number of imide groups is 1. The number of amides is 3. The first-order valence-electron chi connectivity index (χ1n) is 7.54. The highest BCUT2D eigenvalue weighted by molar-refractivity contribution is 9.10. The molecule has 0 saturated carbocycles. The van der Waals surface area contributed by atoms with Crippen LogP contribution in [0.25, 0.3) is 0 Å². The van der Waals surface area contributed by atoms with E-state index in [1.807, 2.05) is 42.5 Å². The van der Waals surface area contributed by atoms with E-state index >= 15 is 0 Å². The minimum atomic E-state index is -0.685. The molecule has 0 aromatic heterocycles. The second kappa shape index (κ2) is 9.58. The van der Waals surface area contributed by atoms with E-state index in [-0.39, 0.29) is 6.42 Å². The molecular weight excluding hydrogens is 388 g/mol. The van der Waals surface area contributed by atoms with Crippen molar-refractivity contribution in [3.8, 4) is 0 Å². The summed E-state index contributed by atoms with van der Waals surface area (Å²) in [7, 11) is 0. The Morgan fingerprint density at radius 1 is 0.920 bits per heavy atom. The number of esters is 1. The molecule has 0 saturated heterocycles. The van der Waals surface area contributed by atoms with Crippen LogP contribution in [0.2, 0.25) is 0 Å². The molecule has 3 amide bonds. The lowest BCUT2D eigenvalue weighted by molar-refractivity contribution is -0.147. The molecule has 0 aliphatic heterocycles. The molecule has 2 N–H and O–H groups in total. The van der Waals surface area contributed by atoms with Crippen molar-refractivity contribution in [3.05, 3.63) is 70.2 Å². The zero-order valence-electron chi connectivity index (χ0n) is 13.3. The number of urea groups is 1. The molecular formula is C18H17BrN2O4. The Labute approximate surface area is 153 Å². The third kappa shape index (κ3) is 7.17. The van der Waals surface area contributed by atoms with Crippen LogP contribution in [0.3, 0.4) is 0 Å². The molecule has 0 fully saturated rings. The fourth-order valence-electron chi connectivity index (χ4n) is 1.95. The molecule has 25 heavy (non-hydrogen) atoms. The number of nitrogens with one attached hydrogen (secondary N) is 2. The van der Waals surface area contributed by atoms with Crippen molar-refractivity contribution >= 4 is 33.8 Å². The van der Waals surface area contributed by atoms with Gasteiger partial charge in [0.05, 0.1) is 6.42 Å². The third-order valence-electron chi connectivity index (χ3n) is 3.17. The summed E-state index contributed by atoms with van der Waals surface area (Å²) < 4.78 is 5.77. The average Bonchev–Trinajstić information content (AvgIpc) is 2.61. The van der Waals surface area contributed by atoms with E-state index in [2.05, 4.69) is 26.6 Å². The highest BCUT2D eigenvalue weighted by Gasteiger charge is 2.11. The first-order chi connectivity index (χ1) is 12.0. The highest BCUT2D eigenvalue weighted by atomic mass is 79.9. The molecule has 6 nitrogen and oxygen atoms in total. The molecule has 2 aromatic rings. The predicted octanol–water partition coefficient (Wildman–Crippen LogP) is 2.56. The zero-order chi connectivity index (χ0) is 18.1. The Bertz CT molecular complexity index is 733. The maximum Gasteiger partial charge on any atom is 0.321 e. The van der Waals surface area contributed by atoms with E-state index in [9.17, 15) is 14.4 Å². The highest BCUT2D eigenvalue weighted by Crippen LogP contribution is 2.11. The first-order valence-corrected chi connectivity index (χ1v) is 8.34. The Morgan fingerprint density at radius 3 is 2.28 bits per heavy atom. The van der Waals surface area contributed by atoms with Gasteiger partial charge in [-0.15, -0.1) is 0 Å². The van der Waals surface area contributed by atoms with Gasteiger partial charge in [0, 0.05) is 11.0 Å². The van der Waals surface area contributed by atoms with Crippen molar-refractivity contribution in [3.63, 3.8) is 0 Å². The Hall–Kier alpha value is -2.67. The first kappa shape index (κ1) is 18.7. The summed E-state index contributed by atoms with van der Waals surface area (Å²) in [6, 6.07) is 15.8. The molecule has 0 bridgehead atoms. The standard InChI is InChI=1S/C18H17BrN2O4/c19-15-8-6-13(7-9-15)10-17(23)25-12-16(22)21-18(24)20-11-14-4-2-1-3-5-14/h1-9H,10-12H2,(H2,20,21,22,24). The quantitative estimate of drug-likeness (QED) is 0.724. The van der Waals surface area contributed by atoms with Crippen molar-refractivity contribution in [2.45, 2.75) is 13.0 Å². The minimum Gasteiger partial charge on any atom is -0.455 e. The van der Waals surface area contributed by atoms with E-state index < -0.39 is 24.5 Å². The van der Waals surface area contributed by atoms with Crippen LogP contribution < -0.4 is 10.6 Å². The fourth-order valence-corrected chi connectivity index (χ4v) is 2.22. The van der Waals surface area contributed by atoms with Crippen LogP contribution in [0.1, 0.15) is 11.1 Å². The van der Waals surface area contributed by atoms with Gasteiger partial charge in [0.25, 0.3) is 5.91 Å². The number of carbonyl (C=O) groups excluding carboxylic acids is 3. The summed E-state index contributed by atoms with van der Waals surface area (Å²) >= 11 is 3.30. The zero-order valence-corrected chi connectivity index (χ0v) is 14.9. The van der Waals surface area contributed by atoms with Gasteiger partial charge >= 0.3 is 12.0 Å². The Morgan fingerprint density at radius 2 is 1.60 bits per heavy atom. The second-order valence-corrected chi connectivity index (χ2v) is 6.10. The number of ether oxygens (including phenoxy) is 1. The van der Waals surface area contributed by atoms with E-state index in [0.717, 1.165) is 15.6 Å². The van der Waals surface area contributed by atoms with Crippen LogP contribution in [0, 0.1) is 0 Å². The topological polar surface area (TPSA) is 84.5 Å².